The van der Waals surface area contributed by atoms with E-state index in [1.165, 1.54) is 0 Å². The summed E-state index contributed by atoms with van der Waals surface area (Å²) in [5, 5.41) is 13.7. The zero-order valence-corrected chi connectivity index (χ0v) is 23.3. The van der Waals surface area contributed by atoms with Crippen LogP contribution in [0.3, 0.4) is 0 Å². The molecule has 3 aromatic rings. The first-order chi connectivity index (χ1) is 19.4. The van der Waals surface area contributed by atoms with E-state index in [0.717, 1.165) is 54.3 Å². The van der Waals surface area contributed by atoms with Crippen LogP contribution in [0.4, 0.5) is 11.4 Å². The molecule has 206 valence electrons. The summed E-state index contributed by atoms with van der Waals surface area (Å²) < 4.78 is 0. The maximum atomic E-state index is 11.5. The van der Waals surface area contributed by atoms with Gasteiger partial charge < -0.3 is 20.2 Å². The molecule has 0 atom stereocenters. The molecule has 8 heteroatoms. The van der Waals surface area contributed by atoms with Crippen LogP contribution in [0.1, 0.15) is 24.6 Å². The number of aromatic hydroxyl groups is 1. The molecule has 0 saturated carbocycles. The molecule has 40 heavy (non-hydrogen) atoms. The highest BCUT2D eigenvalue weighted by Gasteiger charge is 2.15. The van der Waals surface area contributed by atoms with Gasteiger partial charge in [0.1, 0.15) is 11.6 Å². The minimum atomic E-state index is 0.151. The SMILES string of the molecule is C=N/C=C(/C=C(\CC)c1ccc(-c2ccc(C)nc2)cc1O)C(=Nc1ccc(N2CCN(C)CC2)cc1)NC=O. The van der Waals surface area contributed by atoms with Crippen LogP contribution >= 0.6 is 0 Å². The molecular weight excluding hydrogens is 500 g/mol. The van der Waals surface area contributed by atoms with Gasteiger partial charge in [-0.3, -0.25) is 14.8 Å². The van der Waals surface area contributed by atoms with Crippen LogP contribution in [0.5, 0.6) is 5.75 Å². The first kappa shape index (κ1) is 28.4. The van der Waals surface area contributed by atoms with Crippen molar-refractivity contribution in [3.63, 3.8) is 0 Å². The molecule has 4 rings (SSSR count). The Kier molecular flexibility index (Phi) is 9.59. The molecule has 0 unspecified atom stereocenters. The molecule has 0 radical (unpaired) electrons. The Balaban J connectivity index is 1.63. The second-order valence-electron chi connectivity index (χ2n) is 9.74. The van der Waals surface area contributed by atoms with E-state index in [2.05, 4.69) is 38.9 Å². The summed E-state index contributed by atoms with van der Waals surface area (Å²) in [6.07, 6.45) is 6.43. The second kappa shape index (κ2) is 13.5. The predicted molar refractivity (Wildman–Crippen MR) is 164 cm³/mol. The van der Waals surface area contributed by atoms with Gasteiger partial charge in [-0.25, -0.2) is 4.99 Å². The number of amidine groups is 1. The van der Waals surface area contributed by atoms with E-state index < -0.39 is 0 Å². The van der Waals surface area contributed by atoms with E-state index in [4.69, 9.17) is 4.99 Å². The Morgan fingerprint density at radius 3 is 2.40 bits per heavy atom. The van der Waals surface area contributed by atoms with Crippen LogP contribution in [-0.2, 0) is 4.79 Å². The van der Waals surface area contributed by atoms with Crippen molar-refractivity contribution in [2.75, 3.05) is 38.1 Å². The fourth-order valence-electron chi connectivity index (χ4n) is 4.61. The third-order valence-electron chi connectivity index (χ3n) is 6.96. The van der Waals surface area contributed by atoms with Gasteiger partial charge in [0.2, 0.25) is 6.41 Å². The highest BCUT2D eigenvalue weighted by molar-refractivity contribution is 6.08. The maximum Gasteiger partial charge on any atom is 0.212 e. The smallest absolute Gasteiger partial charge is 0.212 e. The minimum Gasteiger partial charge on any atom is -0.507 e. The number of pyridine rings is 1. The summed E-state index contributed by atoms with van der Waals surface area (Å²) in [5.74, 6) is 0.487. The number of nitrogens with zero attached hydrogens (tertiary/aromatic N) is 5. The van der Waals surface area contributed by atoms with E-state index in [1.54, 1.807) is 18.5 Å². The third-order valence-corrected chi connectivity index (χ3v) is 6.96. The van der Waals surface area contributed by atoms with Crippen molar-refractivity contribution in [2.24, 2.45) is 9.98 Å². The standard InChI is InChI=1S/C32H36N6O2/c1-5-24(30-13-8-25(19-31(30)40)26-7-6-23(2)34-21-26)18-27(20-33-3)32(35-22-39)36-28-9-11-29(12-10-28)38-16-14-37(4)15-17-38/h6-13,18-22,40H,3,5,14-17H2,1-2,4H3,(H,35,36,39)/b24-18+,27-20-. The van der Waals surface area contributed by atoms with Crippen molar-refractivity contribution >= 4 is 35.9 Å². The lowest BCUT2D eigenvalue weighted by molar-refractivity contribution is -0.108. The number of anilines is 1. The molecule has 2 aromatic carbocycles. The lowest BCUT2D eigenvalue weighted by Crippen LogP contribution is -2.44. The number of amides is 1. The van der Waals surface area contributed by atoms with Crippen molar-refractivity contribution in [1.29, 1.82) is 0 Å². The topological polar surface area (TPSA) is 93.4 Å². The van der Waals surface area contributed by atoms with Gasteiger partial charge in [-0.2, -0.15) is 0 Å². The van der Waals surface area contributed by atoms with Gasteiger partial charge in [0.15, 0.2) is 0 Å². The number of piperazine rings is 1. The van der Waals surface area contributed by atoms with Crippen LogP contribution in [0.15, 0.2) is 88.6 Å². The molecule has 2 heterocycles. The van der Waals surface area contributed by atoms with E-state index in [-0.39, 0.29) is 5.75 Å². The number of aryl methyl sites for hydroxylation is 1. The summed E-state index contributed by atoms with van der Waals surface area (Å²) in [4.78, 5) is 29.2. The average Bonchev–Trinajstić information content (AvgIpc) is 2.96. The van der Waals surface area contributed by atoms with E-state index in [0.29, 0.717) is 35.5 Å². The molecule has 1 saturated heterocycles. The summed E-state index contributed by atoms with van der Waals surface area (Å²) in [6, 6.07) is 17.5. The number of phenols is 1. The zero-order chi connectivity index (χ0) is 28.5. The van der Waals surface area contributed by atoms with Crippen molar-refractivity contribution < 1.29 is 9.90 Å². The number of rotatable bonds is 9. The largest absolute Gasteiger partial charge is 0.507 e. The first-order valence-electron chi connectivity index (χ1n) is 13.4. The van der Waals surface area contributed by atoms with Crippen LogP contribution in [0.25, 0.3) is 16.7 Å². The van der Waals surface area contributed by atoms with Gasteiger partial charge in [-0.05, 0) is 80.7 Å². The Morgan fingerprint density at radius 2 is 1.80 bits per heavy atom. The maximum absolute atomic E-state index is 11.5. The third kappa shape index (κ3) is 7.09. The van der Waals surface area contributed by atoms with Crippen LogP contribution in [-0.4, -0.2) is 67.2 Å². The lowest BCUT2D eigenvalue weighted by atomic mass is 9.96. The van der Waals surface area contributed by atoms with Gasteiger partial charge in [0.05, 0.1) is 5.69 Å². The molecule has 1 aliphatic heterocycles. The number of likely N-dealkylation sites (N-methyl/N-ethyl adjacent to an activating group) is 1. The number of carbonyl (C=O) groups is 1. The van der Waals surface area contributed by atoms with Crippen molar-refractivity contribution in [3.05, 3.63) is 89.9 Å². The predicted octanol–water partition coefficient (Wildman–Crippen LogP) is 5.37. The first-order valence-corrected chi connectivity index (χ1v) is 13.4. The number of hydrogen-bond acceptors (Lipinski definition) is 7. The number of phenolic OH excluding ortho intramolecular Hbond substituents is 1. The van der Waals surface area contributed by atoms with E-state index >= 15 is 0 Å². The Labute approximate surface area is 236 Å². The van der Waals surface area contributed by atoms with Gasteiger partial charge in [0, 0.05) is 66.7 Å². The van der Waals surface area contributed by atoms with Crippen LogP contribution in [0, 0.1) is 6.92 Å². The average molecular weight is 537 g/mol. The summed E-state index contributed by atoms with van der Waals surface area (Å²) >= 11 is 0. The normalized spacial score (nSPS) is 15.2. The molecule has 0 aliphatic carbocycles. The second-order valence-corrected chi connectivity index (χ2v) is 9.74. The molecule has 8 nitrogen and oxygen atoms in total. The summed E-state index contributed by atoms with van der Waals surface area (Å²) in [7, 11) is 2.14. The number of carbonyl (C=O) groups excluding carboxylic acids is 1. The lowest BCUT2D eigenvalue weighted by Gasteiger charge is -2.34. The van der Waals surface area contributed by atoms with Gasteiger partial charge in [0.25, 0.3) is 0 Å². The van der Waals surface area contributed by atoms with Gasteiger partial charge in [-0.15, -0.1) is 0 Å². The van der Waals surface area contributed by atoms with Gasteiger partial charge in [-0.1, -0.05) is 25.1 Å². The zero-order valence-electron chi connectivity index (χ0n) is 23.3. The van der Waals surface area contributed by atoms with Gasteiger partial charge >= 0.3 is 0 Å². The fourth-order valence-corrected chi connectivity index (χ4v) is 4.61. The number of allylic oxidation sites excluding steroid dienone is 1. The van der Waals surface area contributed by atoms with Crippen molar-refractivity contribution in [3.8, 4) is 16.9 Å². The summed E-state index contributed by atoms with van der Waals surface area (Å²) in [6.45, 7) is 11.6. The van der Waals surface area contributed by atoms with Crippen molar-refractivity contribution in [1.82, 2.24) is 15.2 Å². The fraction of sp³-hybridized carbons (Fsp3) is 0.250. The number of benzene rings is 2. The van der Waals surface area contributed by atoms with Crippen LogP contribution < -0.4 is 10.2 Å². The number of aliphatic imine (C=N–C) groups is 2. The highest BCUT2D eigenvalue weighted by atomic mass is 16.3. The van der Waals surface area contributed by atoms with E-state index in [1.807, 2.05) is 68.5 Å². The Morgan fingerprint density at radius 1 is 1.07 bits per heavy atom. The molecule has 1 fully saturated rings. The summed E-state index contributed by atoms with van der Waals surface area (Å²) in [5.41, 5.74) is 6.68. The molecular formula is C32H36N6O2. The highest BCUT2D eigenvalue weighted by Crippen LogP contribution is 2.33. The molecule has 1 aliphatic rings. The van der Waals surface area contributed by atoms with Crippen molar-refractivity contribution in [2.45, 2.75) is 20.3 Å². The molecule has 1 aromatic heterocycles. The minimum absolute atomic E-state index is 0.151. The Hall–Kier alpha value is -4.56. The van der Waals surface area contributed by atoms with E-state index in [9.17, 15) is 9.90 Å². The molecule has 1 amide bonds. The molecule has 2 N–H and O–H groups in total. The molecule has 0 bridgehead atoms. The number of nitrogens with one attached hydrogen (secondary N) is 1. The monoisotopic (exact) mass is 536 g/mol. The Bertz CT molecular complexity index is 1420. The molecule has 0 spiro atoms. The number of aromatic nitrogens is 1. The number of hydrogen-bond donors (Lipinski definition) is 2. The van der Waals surface area contributed by atoms with Crippen LogP contribution in [0.2, 0.25) is 0 Å². The quantitative estimate of drug-likeness (QED) is 0.166.